The van der Waals surface area contributed by atoms with E-state index in [4.69, 9.17) is 9.84 Å². The second-order valence-electron chi connectivity index (χ2n) is 3.58. The molecule has 4 atom stereocenters. The van der Waals surface area contributed by atoms with Crippen LogP contribution in [-0.4, -0.2) is 59.4 Å². The van der Waals surface area contributed by atoms with Crippen molar-refractivity contribution in [2.24, 2.45) is 0 Å². The summed E-state index contributed by atoms with van der Waals surface area (Å²) in [6.45, 7) is 3.14. The van der Waals surface area contributed by atoms with Crippen molar-refractivity contribution in [1.82, 2.24) is 5.32 Å². The highest BCUT2D eigenvalue weighted by molar-refractivity contribution is 4.91. The fraction of sp³-hybridized carbons (Fsp3) is 1.00. The lowest BCUT2D eigenvalue weighted by Crippen LogP contribution is -2.38. The lowest BCUT2D eigenvalue weighted by atomic mass is 10.1. The van der Waals surface area contributed by atoms with Crippen molar-refractivity contribution in [3.63, 3.8) is 0 Å². The Morgan fingerprint density at radius 3 is 2.36 bits per heavy atom. The highest BCUT2D eigenvalue weighted by atomic mass is 16.6. The topological polar surface area (TPSA) is 82.0 Å². The molecule has 0 saturated carbocycles. The van der Waals surface area contributed by atoms with Crippen LogP contribution < -0.4 is 5.32 Å². The Morgan fingerprint density at radius 1 is 1.21 bits per heavy atom. The van der Waals surface area contributed by atoms with E-state index in [-0.39, 0.29) is 6.61 Å². The Bertz CT molecular complexity index is 167. The molecule has 1 rings (SSSR count). The maximum atomic E-state index is 9.53. The van der Waals surface area contributed by atoms with Crippen molar-refractivity contribution in [2.45, 2.75) is 37.8 Å². The van der Waals surface area contributed by atoms with Gasteiger partial charge in [-0.05, 0) is 13.0 Å². The highest BCUT2D eigenvalue weighted by Gasteiger charge is 2.41. The summed E-state index contributed by atoms with van der Waals surface area (Å²) in [5.74, 6) is 0. The van der Waals surface area contributed by atoms with Gasteiger partial charge in [0.15, 0.2) is 0 Å². The zero-order valence-electron chi connectivity index (χ0n) is 8.39. The number of hydrogen-bond acceptors (Lipinski definition) is 5. The van der Waals surface area contributed by atoms with Crippen molar-refractivity contribution < 1.29 is 20.1 Å². The molecule has 4 N–H and O–H groups in total. The Balaban J connectivity index is 2.32. The standard InChI is InChI=1S/C9H19NO4/c1-2-3-10-4-6-8(12)9(13)7(5-11)14-6/h6-13H,2-5H2,1H3/t6-,7+,8+,9+/m0/s1. The molecule has 1 aliphatic rings. The first-order chi connectivity index (χ1) is 6.70. The minimum atomic E-state index is -0.978. The molecule has 5 nitrogen and oxygen atoms in total. The van der Waals surface area contributed by atoms with Gasteiger partial charge in [0.25, 0.3) is 0 Å². The second kappa shape index (κ2) is 5.63. The van der Waals surface area contributed by atoms with Gasteiger partial charge in [-0.1, -0.05) is 6.92 Å². The van der Waals surface area contributed by atoms with Crippen molar-refractivity contribution >= 4 is 0 Å². The zero-order chi connectivity index (χ0) is 10.6. The second-order valence-corrected chi connectivity index (χ2v) is 3.58. The third-order valence-corrected chi connectivity index (χ3v) is 2.41. The van der Waals surface area contributed by atoms with Crippen LogP contribution in [-0.2, 0) is 4.74 Å². The maximum Gasteiger partial charge on any atom is 0.111 e. The average molecular weight is 205 g/mol. The number of rotatable bonds is 5. The molecule has 0 spiro atoms. The summed E-state index contributed by atoms with van der Waals surface area (Å²) in [5.41, 5.74) is 0. The third-order valence-electron chi connectivity index (χ3n) is 2.41. The quantitative estimate of drug-likeness (QED) is 0.409. The molecule has 0 aromatic rings. The van der Waals surface area contributed by atoms with Crippen molar-refractivity contribution in [2.75, 3.05) is 19.7 Å². The van der Waals surface area contributed by atoms with Crippen LogP contribution in [0.5, 0.6) is 0 Å². The van der Waals surface area contributed by atoms with Crippen LogP contribution in [0.1, 0.15) is 13.3 Å². The molecule has 0 radical (unpaired) electrons. The Labute approximate surface area is 83.7 Å². The van der Waals surface area contributed by atoms with E-state index in [0.29, 0.717) is 6.54 Å². The number of ether oxygens (including phenoxy) is 1. The third kappa shape index (κ3) is 2.65. The normalized spacial score (nSPS) is 37.7. The predicted octanol–water partition coefficient (Wildman–Crippen LogP) is -1.53. The first kappa shape index (κ1) is 11.9. The van der Waals surface area contributed by atoms with Crippen LogP contribution in [0.15, 0.2) is 0 Å². The molecule has 1 aliphatic heterocycles. The fourth-order valence-electron chi connectivity index (χ4n) is 1.57. The highest BCUT2D eigenvalue weighted by Crippen LogP contribution is 2.20. The molecule has 0 aromatic heterocycles. The van der Waals surface area contributed by atoms with Crippen LogP contribution in [0, 0.1) is 0 Å². The van der Waals surface area contributed by atoms with Crippen LogP contribution in [0.2, 0.25) is 0 Å². The molecule has 5 heteroatoms. The molecule has 14 heavy (non-hydrogen) atoms. The van der Waals surface area contributed by atoms with Crippen molar-refractivity contribution in [3.8, 4) is 0 Å². The van der Waals surface area contributed by atoms with Crippen LogP contribution in [0.3, 0.4) is 0 Å². The van der Waals surface area contributed by atoms with Gasteiger partial charge < -0.3 is 25.4 Å². The number of aliphatic hydroxyl groups is 3. The molecule has 1 fully saturated rings. The molecule has 84 valence electrons. The first-order valence-electron chi connectivity index (χ1n) is 5.03. The first-order valence-corrected chi connectivity index (χ1v) is 5.03. The van der Waals surface area contributed by atoms with E-state index in [1.165, 1.54) is 0 Å². The largest absolute Gasteiger partial charge is 0.394 e. The summed E-state index contributed by atoms with van der Waals surface area (Å²) in [6.07, 6.45) is -1.95. The van der Waals surface area contributed by atoms with E-state index in [1.54, 1.807) is 0 Å². The van der Waals surface area contributed by atoms with E-state index in [1.807, 2.05) is 6.92 Å². The molecular weight excluding hydrogens is 186 g/mol. The summed E-state index contributed by atoms with van der Waals surface area (Å²) in [7, 11) is 0. The van der Waals surface area contributed by atoms with Gasteiger partial charge in [0, 0.05) is 6.54 Å². The number of nitrogens with one attached hydrogen (secondary N) is 1. The molecular formula is C9H19NO4. The molecule has 0 aromatic carbocycles. The summed E-state index contributed by atoms with van der Waals surface area (Å²) in [5, 5.41) is 30.9. The van der Waals surface area contributed by atoms with E-state index in [2.05, 4.69) is 5.32 Å². The average Bonchev–Trinajstić information content (AvgIpc) is 2.46. The lowest BCUT2D eigenvalue weighted by molar-refractivity contribution is -0.0212. The van der Waals surface area contributed by atoms with Gasteiger partial charge in [0.2, 0.25) is 0 Å². The van der Waals surface area contributed by atoms with Crippen LogP contribution in [0.25, 0.3) is 0 Å². The van der Waals surface area contributed by atoms with Crippen LogP contribution in [0.4, 0.5) is 0 Å². The SMILES string of the molecule is CCCNC[C@@H]1O[C@H](CO)[C@@H](O)[C@@H]1O. The summed E-state index contributed by atoms with van der Waals surface area (Å²) in [4.78, 5) is 0. The monoisotopic (exact) mass is 205 g/mol. The van der Waals surface area contributed by atoms with Gasteiger partial charge >= 0.3 is 0 Å². The van der Waals surface area contributed by atoms with E-state index < -0.39 is 24.4 Å². The van der Waals surface area contributed by atoms with Crippen LogP contribution >= 0.6 is 0 Å². The van der Waals surface area contributed by atoms with Gasteiger partial charge in [-0.25, -0.2) is 0 Å². The Hall–Kier alpha value is -0.200. The number of hydrogen-bond donors (Lipinski definition) is 4. The minimum absolute atomic E-state index is 0.261. The lowest BCUT2D eigenvalue weighted by Gasteiger charge is -2.14. The summed E-state index contributed by atoms with van der Waals surface area (Å²) < 4.78 is 5.27. The van der Waals surface area contributed by atoms with Gasteiger partial charge in [-0.15, -0.1) is 0 Å². The van der Waals surface area contributed by atoms with Gasteiger partial charge in [0.1, 0.15) is 18.3 Å². The van der Waals surface area contributed by atoms with Gasteiger partial charge in [-0.2, -0.15) is 0 Å². The van der Waals surface area contributed by atoms with Crippen molar-refractivity contribution in [1.29, 1.82) is 0 Å². The van der Waals surface area contributed by atoms with Gasteiger partial charge in [-0.3, -0.25) is 0 Å². The summed E-state index contributed by atoms with van der Waals surface area (Å²) in [6, 6.07) is 0. The zero-order valence-corrected chi connectivity index (χ0v) is 8.39. The molecule has 1 heterocycles. The molecule has 0 unspecified atom stereocenters. The minimum Gasteiger partial charge on any atom is -0.394 e. The smallest absolute Gasteiger partial charge is 0.111 e. The molecule has 0 amide bonds. The van der Waals surface area contributed by atoms with E-state index in [0.717, 1.165) is 13.0 Å². The van der Waals surface area contributed by atoms with Crippen molar-refractivity contribution in [3.05, 3.63) is 0 Å². The van der Waals surface area contributed by atoms with Gasteiger partial charge in [0.05, 0.1) is 12.7 Å². The van der Waals surface area contributed by atoms with E-state index in [9.17, 15) is 10.2 Å². The predicted molar refractivity (Wildman–Crippen MR) is 50.9 cm³/mol. The maximum absolute atomic E-state index is 9.53. The molecule has 0 bridgehead atoms. The number of aliphatic hydroxyl groups excluding tert-OH is 3. The Morgan fingerprint density at radius 2 is 1.86 bits per heavy atom. The Kier molecular flexibility index (Phi) is 4.77. The van der Waals surface area contributed by atoms with E-state index >= 15 is 0 Å². The molecule has 1 saturated heterocycles. The molecule has 0 aliphatic carbocycles. The fourth-order valence-corrected chi connectivity index (χ4v) is 1.57. The summed E-state index contributed by atoms with van der Waals surface area (Å²) >= 11 is 0.